The van der Waals surface area contributed by atoms with Crippen LogP contribution in [0.1, 0.15) is 78.1 Å². The van der Waals surface area contributed by atoms with Crippen LogP contribution in [0.15, 0.2) is 59.9 Å². The Morgan fingerprint density at radius 2 is 1.63 bits per heavy atom. The van der Waals surface area contributed by atoms with E-state index >= 15 is 0 Å². The first-order chi connectivity index (χ1) is 19.8. The maximum absolute atomic E-state index is 14.0. The zero-order valence-corrected chi connectivity index (χ0v) is 25.8. The third-order valence-electron chi connectivity index (χ3n) is 9.57. The van der Waals surface area contributed by atoms with E-state index in [-0.39, 0.29) is 17.9 Å². The second-order valence-corrected chi connectivity index (χ2v) is 12.6. The number of carbonyl (C=O) groups is 1. The SMILES string of the molecule is C=C(/C=C\C(OC)=C(C)C)C1CCC(CN(C(=O)C2CCC(O)CC2)c2cccc(N3CCC(OC)CC3)c2)CC1. The van der Waals surface area contributed by atoms with E-state index < -0.39 is 0 Å². The Kier molecular flexibility index (Phi) is 11.5. The first kappa shape index (κ1) is 31.4. The molecule has 3 fully saturated rings. The number of hydrogen-bond donors (Lipinski definition) is 1. The minimum absolute atomic E-state index is 0.00850. The zero-order chi connectivity index (χ0) is 29.4. The summed E-state index contributed by atoms with van der Waals surface area (Å²) in [6.45, 7) is 11.2. The van der Waals surface area contributed by atoms with Gasteiger partial charge in [0, 0.05) is 44.0 Å². The number of nitrogens with zero attached hydrogens (tertiary/aromatic N) is 2. The van der Waals surface area contributed by atoms with E-state index in [0.29, 0.717) is 17.9 Å². The second-order valence-electron chi connectivity index (χ2n) is 12.6. The van der Waals surface area contributed by atoms with Crippen molar-refractivity contribution < 1.29 is 19.4 Å². The van der Waals surface area contributed by atoms with Gasteiger partial charge >= 0.3 is 0 Å². The normalized spacial score (nSPS) is 25.6. The number of aliphatic hydroxyl groups is 1. The van der Waals surface area contributed by atoms with Crippen molar-refractivity contribution in [2.45, 2.75) is 90.3 Å². The van der Waals surface area contributed by atoms with E-state index in [1.165, 1.54) is 5.69 Å². The average Bonchev–Trinajstić information content (AvgIpc) is 3.00. The summed E-state index contributed by atoms with van der Waals surface area (Å²) in [6, 6.07) is 8.60. The third-order valence-corrected chi connectivity index (χ3v) is 9.57. The molecule has 226 valence electrons. The Hall–Kier alpha value is -2.57. The van der Waals surface area contributed by atoms with E-state index in [4.69, 9.17) is 9.47 Å². The standard InChI is InChI=1S/C35H52N2O4/c1-25(2)34(41-5)18-9-26(3)28-12-10-27(11-13-28)24-37(35(39)29-14-16-32(38)17-15-29)31-8-6-7-30(23-31)36-21-19-33(40-4)20-22-36/h6-9,18,23,27-29,32-33,38H,3,10-17,19-22,24H2,1-2,4-5H3/b18-9-. The molecule has 1 heterocycles. The molecule has 1 aromatic carbocycles. The lowest BCUT2D eigenvalue weighted by Gasteiger charge is -2.37. The van der Waals surface area contributed by atoms with E-state index in [2.05, 4.69) is 60.6 Å². The summed E-state index contributed by atoms with van der Waals surface area (Å²) in [5.74, 6) is 2.06. The first-order valence-electron chi connectivity index (χ1n) is 15.7. The Balaban J connectivity index is 1.45. The Morgan fingerprint density at radius 1 is 0.976 bits per heavy atom. The number of aliphatic hydroxyl groups excluding tert-OH is 1. The van der Waals surface area contributed by atoms with Crippen LogP contribution in [0, 0.1) is 17.8 Å². The van der Waals surface area contributed by atoms with Gasteiger partial charge in [0.25, 0.3) is 0 Å². The van der Waals surface area contributed by atoms with Crippen molar-refractivity contribution in [1.29, 1.82) is 0 Å². The van der Waals surface area contributed by atoms with Crippen molar-refractivity contribution in [2.24, 2.45) is 17.8 Å². The lowest BCUT2D eigenvalue weighted by molar-refractivity contribution is -0.124. The van der Waals surface area contributed by atoms with Gasteiger partial charge in [-0.05, 0) is 120 Å². The van der Waals surface area contributed by atoms with Crippen LogP contribution in [0.2, 0.25) is 0 Å². The number of allylic oxidation sites excluding steroid dienone is 4. The fourth-order valence-corrected chi connectivity index (χ4v) is 6.80. The molecule has 1 aliphatic heterocycles. The van der Waals surface area contributed by atoms with Crippen LogP contribution in [0.4, 0.5) is 11.4 Å². The smallest absolute Gasteiger partial charge is 0.230 e. The molecule has 0 bridgehead atoms. The zero-order valence-electron chi connectivity index (χ0n) is 25.8. The van der Waals surface area contributed by atoms with E-state index in [0.717, 1.165) is 106 Å². The molecule has 1 N–H and O–H groups in total. The summed E-state index contributed by atoms with van der Waals surface area (Å²) in [5, 5.41) is 10.1. The summed E-state index contributed by atoms with van der Waals surface area (Å²) in [4.78, 5) is 18.5. The molecule has 41 heavy (non-hydrogen) atoms. The number of methoxy groups -OCH3 is 2. The number of piperidine rings is 1. The largest absolute Gasteiger partial charge is 0.497 e. The molecule has 0 atom stereocenters. The third kappa shape index (κ3) is 8.48. The molecule has 1 aromatic rings. The number of ether oxygens (including phenoxy) is 2. The molecule has 6 nitrogen and oxygen atoms in total. The van der Waals surface area contributed by atoms with Crippen molar-refractivity contribution >= 4 is 17.3 Å². The highest BCUT2D eigenvalue weighted by Crippen LogP contribution is 2.36. The van der Waals surface area contributed by atoms with Crippen LogP contribution in [-0.4, -0.2) is 57.1 Å². The van der Waals surface area contributed by atoms with Crippen LogP contribution in [0.3, 0.4) is 0 Å². The van der Waals surface area contributed by atoms with Crippen molar-refractivity contribution in [3.05, 3.63) is 59.9 Å². The van der Waals surface area contributed by atoms with Gasteiger partial charge in [0.15, 0.2) is 0 Å². The molecule has 1 amide bonds. The van der Waals surface area contributed by atoms with Crippen LogP contribution in [-0.2, 0) is 14.3 Å². The Labute approximate surface area is 248 Å². The van der Waals surface area contributed by atoms with Crippen LogP contribution in [0.25, 0.3) is 0 Å². The molecule has 0 spiro atoms. The highest BCUT2D eigenvalue weighted by Gasteiger charge is 2.32. The van der Waals surface area contributed by atoms with Crippen LogP contribution < -0.4 is 9.80 Å². The Bertz CT molecular complexity index is 1070. The topological polar surface area (TPSA) is 62.2 Å². The van der Waals surface area contributed by atoms with Crippen LogP contribution >= 0.6 is 0 Å². The molecular weight excluding hydrogens is 512 g/mol. The maximum atomic E-state index is 14.0. The van der Waals surface area contributed by atoms with Gasteiger partial charge in [-0.1, -0.05) is 24.3 Å². The number of amides is 1. The molecule has 0 unspecified atom stereocenters. The van der Waals surface area contributed by atoms with Crippen LogP contribution in [0.5, 0.6) is 0 Å². The van der Waals surface area contributed by atoms with Crippen molar-refractivity contribution in [2.75, 3.05) is 43.7 Å². The number of carbonyl (C=O) groups excluding carboxylic acids is 1. The van der Waals surface area contributed by atoms with Gasteiger partial charge < -0.3 is 24.4 Å². The minimum atomic E-state index is -0.264. The minimum Gasteiger partial charge on any atom is -0.497 e. The molecule has 2 aliphatic carbocycles. The average molecular weight is 565 g/mol. The van der Waals surface area contributed by atoms with E-state index in [9.17, 15) is 9.90 Å². The van der Waals surface area contributed by atoms with E-state index in [1.54, 1.807) is 14.2 Å². The van der Waals surface area contributed by atoms with E-state index in [1.807, 2.05) is 6.08 Å². The number of hydrogen-bond acceptors (Lipinski definition) is 5. The summed E-state index contributed by atoms with van der Waals surface area (Å²) in [5.41, 5.74) is 4.52. The second kappa shape index (κ2) is 15.1. The number of anilines is 2. The number of rotatable bonds is 10. The van der Waals surface area contributed by atoms with Gasteiger partial charge in [-0.2, -0.15) is 0 Å². The predicted molar refractivity (Wildman–Crippen MR) is 168 cm³/mol. The lowest BCUT2D eigenvalue weighted by atomic mass is 9.78. The summed E-state index contributed by atoms with van der Waals surface area (Å²) >= 11 is 0. The highest BCUT2D eigenvalue weighted by molar-refractivity contribution is 5.95. The van der Waals surface area contributed by atoms with Gasteiger partial charge in [-0.25, -0.2) is 0 Å². The molecule has 0 aromatic heterocycles. The van der Waals surface area contributed by atoms with Gasteiger partial charge in [-0.15, -0.1) is 0 Å². The molecule has 3 aliphatic rings. The fraction of sp³-hybridized carbons (Fsp3) is 0.629. The van der Waals surface area contributed by atoms with Crippen molar-refractivity contribution in [1.82, 2.24) is 0 Å². The van der Waals surface area contributed by atoms with Crippen molar-refractivity contribution in [3.63, 3.8) is 0 Å². The molecule has 2 saturated carbocycles. The Morgan fingerprint density at radius 3 is 2.24 bits per heavy atom. The highest BCUT2D eigenvalue weighted by atomic mass is 16.5. The molecule has 0 radical (unpaired) electrons. The van der Waals surface area contributed by atoms with Gasteiger partial charge in [0.1, 0.15) is 5.76 Å². The van der Waals surface area contributed by atoms with Gasteiger partial charge in [0.05, 0.1) is 19.3 Å². The fourth-order valence-electron chi connectivity index (χ4n) is 6.80. The van der Waals surface area contributed by atoms with Gasteiger partial charge in [-0.3, -0.25) is 4.79 Å². The molecular formula is C35H52N2O4. The predicted octanol–water partition coefficient (Wildman–Crippen LogP) is 7.05. The maximum Gasteiger partial charge on any atom is 0.230 e. The lowest BCUT2D eigenvalue weighted by Crippen LogP contribution is -2.42. The van der Waals surface area contributed by atoms with Crippen molar-refractivity contribution in [3.8, 4) is 0 Å². The summed E-state index contributed by atoms with van der Waals surface area (Å²) < 4.78 is 11.1. The quantitative estimate of drug-likeness (QED) is 0.244. The molecule has 6 heteroatoms. The first-order valence-corrected chi connectivity index (χ1v) is 15.7. The monoisotopic (exact) mass is 564 g/mol. The molecule has 1 saturated heterocycles. The molecule has 4 rings (SSSR count). The van der Waals surface area contributed by atoms with Gasteiger partial charge in [0.2, 0.25) is 5.91 Å². The number of benzene rings is 1. The summed E-state index contributed by atoms with van der Waals surface area (Å²) in [6.07, 6.45) is 13.6. The summed E-state index contributed by atoms with van der Waals surface area (Å²) in [7, 11) is 3.51.